The van der Waals surface area contributed by atoms with Gasteiger partial charge in [-0.1, -0.05) is 18.2 Å². The lowest BCUT2D eigenvalue weighted by Gasteiger charge is -2.37. The van der Waals surface area contributed by atoms with Crippen molar-refractivity contribution in [1.29, 1.82) is 0 Å². The van der Waals surface area contributed by atoms with E-state index in [1.807, 2.05) is 12.1 Å². The third kappa shape index (κ3) is 1.35. The van der Waals surface area contributed by atoms with E-state index in [-0.39, 0.29) is 5.54 Å². The van der Waals surface area contributed by atoms with Crippen LogP contribution >= 0.6 is 0 Å². The average molecular weight is 202 g/mol. The molecule has 0 bridgehead atoms. The zero-order valence-corrected chi connectivity index (χ0v) is 8.57. The van der Waals surface area contributed by atoms with E-state index in [9.17, 15) is 0 Å². The molecule has 1 N–H and O–H groups in total. The minimum Gasteiger partial charge on any atom is -0.446 e. The van der Waals surface area contributed by atoms with E-state index < -0.39 is 0 Å². The Hall–Kier alpha value is -1.35. The number of benzene rings is 1. The number of rotatable bonds is 0. The van der Waals surface area contributed by atoms with Gasteiger partial charge in [0.05, 0.1) is 0 Å². The molecule has 1 aromatic carbocycles. The Balaban J connectivity index is 2.08. The highest BCUT2D eigenvalue weighted by Gasteiger charge is 2.37. The Labute approximate surface area is 89.2 Å². The second kappa shape index (κ2) is 3.35. The maximum absolute atomic E-state index is 5.43. The number of aliphatic imine (C=N–C) groups is 1. The fourth-order valence-corrected chi connectivity index (χ4v) is 2.44. The molecule has 0 aliphatic carbocycles. The summed E-state index contributed by atoms with van der Waals surface area (Å²) in [5, 5.41) is 3.42. The fraction of sp³-hybridized carbons (Fsp3) is 0.417. The van der Waals surface area contributed by atoms with Crippen LogP contribution < -0.4 is 10.1 Å². The molecule has 1 aromatic rings. The van der Waals surface area contributed by atoms with Crippen LogP contribution in [0.2, 0.25) is 0 Å². The summed E-state index contributed by atoms with van der Waals surface area (Å²) in [5.74, 6) is 0.955. The third-order valence-electron chi connectivity index (χ3n) is 3.23. The number of nitrogens with one attached hydrogen (secondary N) is 1. The van der Waals surface area contributed by atoms with Crippen molar-refractivity contribution in [3.05, 3.63) is 29.8 Å². The van der Waals surface area contributed by atoms with Gasteiger partial charge in [-0.15, -0.1) is 0 Å². The highest BCUT2D eigenvalue weighted by Crippen LogP contribution is 2.39. The molecule has 0 radical (unpaired) electrons. The summed E-state index contributed by atoms with van der Waals surface area (Å²) in [7, 11) is 0. The quantitative estimate of drug-likeness (QED) is 0.694. The van der Waals surface area contributed by atoms with Crippen LogP contribution in [-0.4, -0.2) is 19.5 Å². The van der Waals surface area contributed by atoms with Crippen molar-refractivity contribution < 1.29 is 4.74 Å². The molecule has 1 fully saturated rings. The van der Waals surface area contributed by atoms with Gasteiger partial charge >= 0.3 is 0 Å². The van der Waals surface area contributed by atoms with Crippen LogP contribution in [0.25, 0.3) is 0 Å². The van der Waals surface area contributed by atoms with Crippen LogP contribution in [0.5, 0.6) is 5.75 Å². The number of para-hydroxylation sites is 1. The molecule has 3 rings (SSSR count). The lowest BCUT2D eigenvalue weighted by molar-refractivity contribution is 0.303. The molecule has 1 saturated heterocycles. The van der Waals surface area contributed by atoms with E-state index in [2.05, 4.69) is 22.4 Å². The Morgan fingerprint density at radius 1 is 1.33 bits per heavy atom. The van der Waals surface area contributed by atoms with Crippen molar-refractivity contribution in [2.75, 3.05) is 13.1 Å². The van der Waals surface area contributed by atoms with E-state index >= 15 is 0 Å². The molecule has 2 aliphatic rings. The zero-order valence-electron chi connectivity index (χ0n) is 8.57. The van der Waals surface area contributed by atoms with E-state index in [1.54, 1.807) is 6.40 Å². The number of nitrogens with zero attached hydrogens (tertiary/aromatic N) is 1. The van der Waals surface area contributed by atoms with Gasteiger partial charge in [0.25, 0.3) is 0 Å². The number of hydrogen-bond acceptors (Lipinski definition) is 3. The lowest BCUT2D eigenvalue weighted by atomic mass is 9.83. The summed E-state index contributed by atoms with van der Waals surface area (Å²) in [5.41, 5.74) is 1.15. The van der Waals surface area contributed by atoms with Crippen LogP contribution in [0.1, 0.15) is 18.4 Å². The molecule has 0 saturated carbocycles. The molecule has 78 valence electrons. The van der Waals surface area contributed by atoms with Gasteiger partial charge in [0.15, 0.2) is 6.40 Å². The molecule has 2 aliphatic heterocycles. The molecule has 1 spiro atoms. The third-order valence-corrected chi connectivity index (χ3v) is 3.23. The summed E-state index contributed by atoms with van der Waals surface area (Å²) < 4.78 is 5.43. The number of hydrogen-bond donors (Lipinski definition) is 1. The summed E-state index contributed by atoms with van der Waals surface area (Å²) in [6.45, 7) is 2.02. The number of piperidine rings is 1. The van der Waals surface area contributed by atoms with Crippen molar-refractivity contribution in [1.82, 2.24) is 5.32 Å². The highest BCUT2D eigenvalue weighted by molar-refractivity contribution is 5.60. The fourth-order valence-electron chi connectivity index (χ4n) is 2.44. The van der Waals surface area contributed by atoms with Crippen LogP contribution in [0, 0.1) is 0 Å². The first-order valence-electron chi connectivity index (χ1n) is 5.41. The van der Waals surface area contributed by atoms with Gasteiger partial charge in [-0.3, -0.25) is 0 Å². The van der Waals surface area contributed by atoms with Gasteiger partial charge in [0.1, 0.15) is 11.3 Å². The van der Waals surface area contributed by atoms with Gasteiger partial charge in [-0.25, -0.2) is 4.99 Å². The highest BCUT2D eigenvalue weighted by atomic mass is 16.5. The van der Waals surface area contributed by atoms with Crippen LogP contribution in [0.15, 0.2) is 29.3 Å². The van der Waals surface area contributed by atoms with Gasteiger partial charge < -0.3 is 10.1 Å². The molecule has 15 heavy (non-hydrogen) atoms. The average Bonchev–Trinajstić information content (AvgIpc) is 2.31. The SMILES string of the molecule is C1=NC2(CCCNC2)c2ccccc2O1. The Kier molecular flexibility index (Phi) is 1.99. The van der Waals surface area contributed by atoms with Crippen molar-refractivity contribution in [3.8, 4) is 5.75 Å². The molecule has 3 nitrogen and oxygen atoms in total. The predicted molar refractivity (Wildman–Crippen MR) is 59.3 cm³/mol. The molecular weight excluding hydrogens is 188 g/mol. The summed E-state index contributed by atoms with van der Waals surface area (Å²) in [6.07, 6.45) is 3.87. The standard InChI is InChI=1S/C12H14N2O/c1-2-5-11-10(4-1)12(14-9-15-11)6-3-7-13-8-12/h1-2,4-5,9,13H,3,6-8H2. The van der Waals surface area contributed by atoms with E-state index in [4.69, 9.17) is 4.74 Å². The first-order valence-corrected chi connectivity index (χ1v) is 5.41. The predicted octanol–water partition coefficient (Wildman–Crippen LogP) is 1.69. The van der Waals surface area contributed by atoms with Crippen LogP contribution in [-0.2, 0) is 5.54 Å². The van der Waals surface area contributed by atoms with Crippen molar-refractivity contribution in [3.63, 3.8) is 0 Å². The topological polar surface area (TPSA) is 33.6 Å². The summed E-state index contributed by atoms with van der Waals surface area (Å²) in [4.78, 5) is 4.55. The second-order valence-corrected chi connectivity index (χ2v) is 4.16. The first kappa shape index (κ1) is 8.92. The van der Waals surface area contributed by atoms with Crippen LogP contribution in [0.4, 0.5) is 0 Å². The maximum atomic E-state index is 5.43. The number of fused-ring (bicyclic) bond motifs is 2. The molecule has 3 heteroatoms. The molecule has 2 heterocycles. The Morgan fingerprint density at radius 2 is 2.27 bits per heavy atom. The van der Waals surface area contributed by atoms with Crippen molar-refractivity contribution in [2.24, 2.45) is 4.99 Å². The van der Waals surface area contributed by atoms with E-state index in [1.165, 1.54) is 12.0 Å². The zero-order chi connectivity index (χ0) is 10.1. The van der Waals surface area contributed by atoms with E-state index in [0.29, 0.717) is 0 Å². The smallest absolute Gasteiger partial charge is 0.177 e. The lowest BCUT2D eigenvalue weighted by Crippen LogP contribution is -2.43. The van der Waals surface area contributed by atoms with Gasteiger partial charge in [0, 0.05) is 12.1 Å². The van der Waals surface area contributed by atoms with Gasteiger partial charge in [0.2, 0.25) is 0 Å². The molecule has 1 unspecified atom stereocenters. The molecule has 1 atom stereocenters. The monoisotopic (exact) mass is 202 g/mol. The molecular formula is C12H14N2O. The molecule has 0 aromatic heterocycles. The Morgan fingerprint density at radius 3 is 3.13 bits per heavy atom. The Bertz CT molecular complexity index is 394. The van der Waals surface area contributed by atoms with Crippen molar-refractivity contribution >= 4 is 6.40 Å². The summed E-state index contributed by atoms with van der Waals surface area (Å²) in [6, 6.07) is 8.19. The first-order chi connectivity index (χ1) is 7.41. The van der Waals surface area contributed by atoms with Gasteiger partial charge in [-0.2, -0.15) is 0 Å². The second-order valence-electron chi connectivity index (χ2n) is 4.16. The van der Waals surface area contributed by atoms with E-state index in [0.717, 1.165) is 25.3 Å². The minimum atomic E-state index is -0.0763. The summed E-state index contributed by atoms with van der Waals surface area (Å²) >= 11 is 0. The largest absolute Gasteiger partial charge is 0.446 e. The van der Waals surface area contributed by atoms with Crippen molar-refractivity contribution in [2.45, 2.75) is 18.4 Å². The minimum absolute atomic E-state index is 0.0763. The normalized spacial score (nSPS) is 28.5. The maximum Gasteiger partial charge on any atom is 0.177 e. The number of ether oxygens (including phenoxy) is 1. The molecule has 0 amide bonds. The van der Waals surface area contributed by atoms with Gasteiger partial charge in [-0.05, 0) is 25.5 Å². The van der Waals surface area contributed by atoms with Crippen LogP contribution in [0.3, 0.4) is 0 Å².